The number of hydrogen-bond donors (Lipinski definition) is 1. The van der Waals surface area contributed by atoms with E-state index < -0.39 is 0 Å². The summed E-state index contributed by atoms with van der Waals surface area (Å²) in [5, 5.41) is 11.8. The maximum absolute atomic E-state index is 11.6. The van der Waals surface area contributed by atoms with E-state index in [2.05, 4.69) is 12.2 Å². The molecule has 19 heavy (non-hydrogen) atoms. The molecule has 1 saturated carbocycles. The van der Waals surface area contributed by atoms with E-state index in [4.69, 9.17) is 10.00 Å². The number of amides is 1. The number of benzene rings is 1. The molecular weight excluding hydrogens is 240 g/mol. The van der Waals surface area contributed by atoms with Gasteiger partial charge in [-0.2, -0.15) is 5.26 Å². The van der Waals surface area contributed by atoms with Crippen LogP contribution in [0.3, 0.4) is 0 Å². The number of hydrogen-bond acceptors (Lipinski definition) is 3. The van der Waals surface area contributed by atoms with Crippen molar-refractivity contribution in [3.05, 3.63) is 29.8 Å². The number of carbonyl (C=O) groups is 1. The van der Waals surface area contributed by atoms with Crippen LogP contribution in [0.5, 0.6) is 5.75 Å². The topological polar surface area (TPSA) is 62.1 Å². The lowest BCUT2D eigenvalue weighted by Gasteiger charge is -2.12. The lowest BCUT2D eigenvalue weighted by molar-refractivity contribution is -0.123. The minimum atomic E-state index is -0.139. The van der Waals surface area contributed by atoms with E-state index in [0.717, 1.165) is 5.92 Å². The van der Waals surface area contributed by atoms with Gasteiger partial charge in [0, 0.05) is 6.54 Å². The molecule has 0 saturated heterocycles. The second-order valence-electron chi connectivity index (χ2n) is 5.02. The maximum Gasteiger partial charge on any atom is 0.257 e. The van der Waals surface area contributed by atoms with Crippen LogP contribution in [0.25, 0.3) is 0 Å². The van der Waals surface area contributed by atoms with Crippen molar-refractivity contribution in [3.8, 4) is 11.8 Å². The minimum Gasteiger partial charge on any atom is -0.482 e. The molecule has 0 spiro atoms. The molecule has 0 aromatic heterocycles. The van der Waals surface area contributed by atoms with Crippen molar-refractivity contribution in [2.24, 2.45) is 11.8 Å². The SMILES string of the molecule is CC(CNC(=O)COc1ccccc1C#N)C1CC1. The molecule has 0 heterocycles. The molecule has 1 aromatic carbocycles. The van der Waals surface area contributed by atoms with Crippen LogP contribution < -0.4 is 10.1 Å². The van der Waals surface area contributed by atoms with Crippen LogP contribution in [-0.4, -0.2) is 19.1 Å². The van der Waals surface area contributed by atoms with Gasteiger partial charge in [0.1, 0.15) is 11.8 Å². The molecule has 1 N–H and O–H groups in total. The van der Waals surface area contributed by atoms with E-state index in [1.807, 2.05) is 6.07 Å². The highest BCUT2D eigenvalue weighted by molar-refractivity contribution is 5.77. The maximum atomic E-state index is 11.6. The van der Waals surface area contributed by atoms with Crippen molar-refractivity contribution >= 4 is 5.91 Å². The van der Waals surface area contributed by atoms with Gasteiger partial charge >= 0.3 is 0 Å². The smallest absolute Gasteiger partial charge is 0.257 e. The van der Waals surface area contributed by atoms with Crippen LogP contribution in [0.15, 0.2) is 24.3 Å². The van der Waals surface area contributed by atoms with Crippen molar-refractivity contribution in [1.82, 2.24) is 5.32 Å². The van der Waals surface area contributed by atoms with Crippen molar-refractivity contribution in [2.75, 3.05) is 13.2 Å². The first-order valence-electron chi connectivity index (χ1n) is 6.59. The van der Waals surface area contributed by atoms with Gasteiger partial charge in [-0.25, -0.2) is 0 Å². The van der Waals surface area contributed by atoms with Crippen LogP contribution >= 0.6 is 0 Å². The average molecular weight is 258 g/mol. The fourth-order valence-corrected chi connectivity index (χ4v) is 1.99. The average Bonchev–Trinajstić information content (AvgIpc) is 3.27. The molecule has 1 fully saturated rings. The summed E-state index contributed by atoms with van der Waals surface area (Å²) in [4.78, 5) is 11.6. The zero-order valence-electron chi connectivity index (χ0n) is 11.1. The largest absolute Gasteiger partial charge is 0.482 e. The highest BCUT2D eigenvalue weighted by atomic mass is 16.5. The predicted molar refractivity (Wildman–Crippen MR) is 71.5 cm³/mol. The highest BCUT2D eigenvalue weighted by Gasteiger charge is 2.27. The molecule has 1 unspecified atom stereocenters. The van der Waals surface area contributed by atoms with Gasteiger partial charge in [-0.3, -0.25) is 4.79 Å². The zero-order chi connectivity index (χ0) is 13.7. The predicted octanol–water partition coefficient (Wildman–Crippen LogP) is 2.10. The summed E-state index contributed by atoms with van der Waals surface area (Å²) in [7, 11) is 0. The molecule has 1 atom stereocenters. The Morgan fingerprint density at radius 3 is 2.95 bits per heavy atom. The van der Waals surface area contributed by atoms with E-state index in [-0.39, 0.29) is 12.5 Å². The molecule has 0 bridgehead atoms. The number of nitrogens with one attached hydrogen (secondary N) is 1. The summed E-state index contributed by atoms with van der Waals surface area (Å²) in [6.45, 7) is 2.81. The first-order valence-corrected chi connectivity index (χ1v) is 6.59. The van der Waals surface area contributed by atoms with Crippen LogP contribution in [0.1, 0.15) is 25.3 Å². The molecule has 100 valence electrons. The van der Waals surface area contributed by atoms with Gasteiger partial charge in [0.15, 0.2) is 6.61 Å². The molecule has 4 nitrogen and oxygen atoms in total. The Morgan fingerprint density at radius 1 is 1.53 bits per heavy atom. The zero-order valence-corrected chi connectivity index (χ0v) is 11.1. The van der Waals surface area contributed by atoms with Crippen LogP contribution in [0.2, 0.25) is 0 Å². The van der Waals surface area contributed by atoms with Gasteiger partial charge in [-0.05, 0) is 36.8 Å². The molecule has 1 aliphatic rings. The van der Waals surface area contributed by atoms with Crippen molar-refractivity contribution in [2.45, 2.75) is 19.8 Å². The van der Waals surface area contributed by atoms with E-state index in [1.54, 1.807) is 24.3 Å². The molecule has 0 aliphatic heterocycles. The van der Waals surface area contributed by atoms with E-state index in [0.29, 0.717) is 23.8 Å². The molecule has 1 aromatic rings. The van der Waals surface area contributed by atoms with Gasteiger partial charge in [0.05, 0.1) is 5.56 Å². The first kappa shape index (κ1) is 13.4. The van der Waals surface area contributed by atoms with Gasteiger partial charge < -0.3 is 10.1 Å². The number of nitrogens with zero attached hydrogens (tertiary/aromatic N) is 1. The summed E-state index contributed by atoms with van der Waals surface area (Å²) in [5.41, 5.74) is 0.446. The standard InChI is InChI=1S/C15H18N2O2/c1-11(12-6-7-12)9-17-15(18)10-19-14-5-3-2-4-13(14)8-16/h2-5,11-12H,6-7,9-10H2,1H3,(H,17,18). The Kier molecular flexibility index (Phi) is 4.40. The fourth-order valence-electron chi connectivity index (χ4n) is 1.99. The van der Waals surface area contributed by atoms with Gasteiger partial charge in [0.2, 0.25) is 0 Å². The molecule has 4 heteroatoms. The Balaban J connectivity index is 1.75. The number of para-hydroxylation sites is 1. The van der Waals surface area contributed by atoms with Crippen molar-refractivity contribution < 1.29 is 9.53 Å². The number of ether oxygens (including phenoxy) is 1. The Bertz CT molecular complexity index is 489. The van der Waals surface area contributed by atoms with Crippen LogP contribution in [-0.2, 0) is 4.79 Å². The summed E-state index contributed by atoms with van der Waals surface area (Å²) < 4.78 is 5.36. The molecule has 1 amide bonds. The molecular formula is C15H18N2O2. The van der Waals surface area contributed by atoms with Gasteiger partial charge in [-0.1, -0.05) is 19.1 Å². The fraction of sp³-hybridized carbons (Fsp3) is 0.467. The lowest BCUT2D eigenvalue weighted by Crippen LogP contribution is -2.33. The summed E-state index contributed by atoms with van der Waals surface area (Å²) >= 11 is 0. The number of nitriles is 1. The summed E-state index contributed by atoms with van der Waals surface area (Å²) in [6.07, 6.45) is 2.56. The number of rotatable bonds is 6. The van der Waals surface area contributed by atoms with Gasteiger partial charge in [-0.15, -0.1) is 0 Å². The van der Waals surface area contributed by atoms with E-state index >= 15 is 0 Å². The minimum absolute atomic E-state index is 0.0456. The molecule has 0 radical (unpaired) electrons. The number of carbonyl (C=O) groups excluding carboxylic acids is 1. The van der Waals surface area contributed by atoms with E-state index in [9.17, 15) is 4.79 Å². The lowest BCUT2D eigenvalue weighted by atomic mass is 10.1. The summed E-state index contributed by atoms with van der Waals surface area (Å²) in [5.74, 6) is 1.63. The third-order valence-electron chi connectivity index (χ3n) is 3.41. The first-order chi connectivity index (χ1) is 9.20. The second kappa shape index (κ2) is 6.24. The monoisotopic (exact) mass is 258 g/mol. The highest BCUT2D eigenvalue weighted by Crippen LogP contribution is 2.35. The normalized spacial score (nSPS) is 15.4. The molecule has 2 rings (SSSR count). The van der Waals surface area contributed by atoms with Gasteiger partial charge in [0.25, 0.3) is 5.91 Å². The third-order valence-corrected chi connectivity index (χ3v) is 3.41. The van der Waals surface area contributed by atoms with E-state index in [1.165, 1.54) is 12.8 Å². The second-order valence-corrected chi connectivity index (χ2v) is 5.02. The Morgan fingerprint density at radius 2 is 2.26 bits per heavy atom. The Hall–Kier alpha value is -2.02. The quantitative estimate of drug-likeness (QED) is 0.850. The van der Waals surface area contributed by atoms with Crippen molar-refractivity contribution in [1.29, 1.82) is 5.26 Å². The summed E-state index contributed by atoms with van der Waals surface area (Å²) in [6, 6.07) is 8.95. The van der Waals surface area contributed by atoms with Crippen LogP contribution in [0.4, 0.5) is 0 Å². The third kappa shape index (κ3) is 3.99. The molecule has 1 aliphatic carbocycles. The van der Waals surface area contributed by atoms with Crippen molar-refractivity contribution in [3.63, 3.8) is 0 Å². The van der Waals surface area contributed by atoms with Crippen LogP contribution in [0, 0.1) is 23.2 Å². The Labute approximate surface area is 113 Å².